The van der Waals surface area contributed by atoms with Crippen molar-refractivity contribution in [3.63, 3.8) is 0 Å². The van der Waals surface area contributed by atoms with Gasteiger partial charge in [-0.25, -0.2) is 0 Å². The Morgan fingerprint density at radius 1 is 1.04 bits per heavy atom. The Morgan fingerprint density at radius 2 is 1.74 bits per heavy atom. The average Bonchev–Trinajstić information content (AvgIpc) is 2.55. The third-order valence-corrected chi connectivity index (χ3v) is 5.29. The van der Waals surface area contributed by atoms with Gasteiger partial charge in [-0.3, -0.25) is 4.98 Å². The highest BCUT2D eigenvalue weighted by atomic mass is 79.9. The molecule has 2 aromatic carbocycles. The van der Waals surface area contributed by atoms with Crippen LogP contribution in [0.5, 0.6) is 11.5 Å². The number of methoxy groups -OCH3 is 2. The zero-order valence-electron chi connectivity index (χ0n) is 12.4. The first-order valence-electron chi connectivity index (χ1n) is 6.71. The molecule has 0 atom stereocenters. The number of pyridine rings is 1. The highest BCUT2D eigenvalue weighted by molar-refractivity contribution is 9.11. The van der Waals surface area contributed by atoms with Crippen molar-refractivity contribution in [3.05, 3.63) is 50.5 Å². The maximum atomic E-state index is 6.66. The molecule has 0 amide bonds. The minimum absolute atomic E-state index is 0.623. The van der Waals surface area contributed by atoms with E-state index in [0.29, 0.717) is 10.8 Å². The molecule has 0 radical (unpaired) electrons. The normalized spacial score (nSPS) is 10.8. The second-order valence-electron chi connectivity index (χ2n) is 4.81. The van der Waals surface area contributed by atoms with Gasteiger partial charge >= 0.3 is 0 Å². The summed E-state index contributed by atoms with van der Waals surface area (Å²) >= 11 is 13.7. The van der Waals surface area contributed by atoms with E-state index in [-0.39, 0.29) is 0 Å². The van der Waals surface area contributed by atoms with Crippen LogP contribution in [0.15, 0.2) is 45.5 Å². The second-order valence-corrected chi connectivity index (χ2v) is 6.84. The number of rotatable bonds is 3. The van der Waals surface area contributed by atoms with Crippen LogP contribution in [0.4, 0.5) is 0 Å². The zero-order valence-corrected chi connectivity index (χ0v) is 16.3. The molecule has 0 aliphatic carbocycles. The van der Waals surface area contributed by atoms with Crippen LogP contribution in [0, 0.1) is 0 Å². The summed E-state index contributed by atoms with van der Waals surface area (Å²) in [6.07, 6.45) is 1.78. The van der Waals surface area contributed by atoms with Crippen molar-refractivity contribution in [2.45, 2.75) is 0 Å². The molecule has 0 aliphatic rings. The molecule has 0 saturated carbocycles. The van der Waals surface area contributed by atoms with Crippen LogP contribution < -0.4 is 9.47 Å². The number of fused-ring (bicyclic) bond motifs is 1. The molecular weight excluding hydrogens is 445 g/mol. The molecular formula is C17H12Br2ClNO2. The number of benzene rings is 2. The Hall–Kier alpha value is -1.30. The summed E-state index contributed by atoms with van der Waals surface area (Å²) in [7, 11) is 3.26. The SMILES string of the molecule is COc1ccc(-c2cnc3cc(Br)c(OC)c(Br)c3c2Cl)cc1. The number of halogens is 3. The van der Waals surface area contributed by atoms with Crippen molar-refractivity contribution in [2.75, 3.05) is 14.2 Å². The predicted octanol–water partition coefficient (Wildman–Crippen LogP) is 6.10. The Balaban J connectivity index is 2.25. The summed E-state index contributed by atoms with van der Waals surface area (Å²) in [5.74, 6) is 1.48. The molecule has 0 unspecified atom stereocenters. The fourth-order valence-corrected chi connectivity index (χ4v) is 4.47. The highest BCUT2D eigenvalue weighted by Crippen LogP contribution is 2.44. The average molecular weight is 458 g/mol. The maximum absolute atomic E-state index is 6.66. The smallest absolute Gasteiger partial charge is 0.148 e. The molecule has 0 aliphatic heterocycles. The molecule has 0 bridgehead atoms. The number of hydrogen-bond acceptors (Lipinski definition) is 3. The van der Waals surface area contributed by atoms with E-state index in [4.69, 9.17) is 21.1 Å². The molecule has 0 N–H and O–H groups in total. The minimum Gasteiger partial charge on any atom is -0.497 e. The quantitative estimate of drug-likeness (QED) is 0.476. The first-order valence-corrected chi connectivity index (χ1v) is 8.67. The van der Waals surface area contributed by atoms with E-state index in [0.717, 1.165) is 36.7 Å². The van der Waals surface area contributed by atoms with Gasteiger partial charge in [-0.15, -0.1) is 0 Å². The van der Waals surface area contributed by atoms with E-state index < -0.39 is 0 Å². The molecule has 1 heterocycles. The van der Waals surface area contributed by atoms with E-state index in [9.17, 15) is 0 Å². The van der Waals surface area contributed by atoms with Gasteiger partial charge in [-0.05, 0) is 55.6 Å². The molecule has 0 saturated heterocycles. The van der Waals surface area contributed by atoms with Crippen molar-refractivity contribution < 1.29 is 9.47 Å². The molecule has 3 rings (SSSR count). The van der Waals surface area contributed by atoms with Crippen molar-refractivity contribution in [3.8, 4) is 22.6 Å². The lowest BCUT2D eigenvalue weighted by Gasteiger charge is -2.13. The van der Waals surface area contributed by atoms with Gasteiger partial charge in [0.05, 0.1) is 33.7 Å². The molecule has 23 heavy (non-hydrogen) atoms. The molecule has 118 valence electrons. The number of ether oxygens (including phenoxy) is 2. The number of nitrogens with zero attached hydrogens (tertiary/aromatic N) is 1. The van der Waals surface area contributed by atoms with Crippen LogP contribution in [-0.2, 0) is 0 Å². The van der Waals surface area contributed by atoms with E-state index in [2.05, 4.69) is 36.8 Å². The van der Waals surface area contributed by atoms with Crippen LogP contribution in [0.3, 0.4) is 0 Å². The van der Waals surface area contributed by atoms with Crippen molar-refractivity contribution >= 4 is 54.4 Å². The van der Waals surface area contributed by atoms with Gasteiger partial charge in [0.25, 0.3) is 0 Å². The largest absolute Gasteiger partial charge is 0.497 e. The summed E-state index contributed by atoms with van der Waals surface area (Å²) < 4.78 is 12.2. The van der Waals surface area contributed by atoms with Gasteiger partial charge in [0.15, 0.2) is 0 Å². The van der Waals surface area contributed by atoms with Crippen molar-refractivity contribution in [2.24, 2.45) is 0 Å². The first-order chi connectivity index (χ1) is 11.1. The van der Waals surface area contributed by atoms with Gasteiger partial charge in [0.2, 0.25) is 0 Å². The summed E-state index contributed by atoms with van der Waals surface area (Å²) in [6.45, 7) is 0. The van der Waals surface area contributed by atoms with Crippen molar-refractivity contribution in [1.29, 1.82) is 0 Å². The third kappa shape index (κ3) is 2.93. The summed E-state index contributed by atoms with van der Waals surface area (Å²) in [4.78, 5) is 4.53. The van der Waals surface area contributed by atoms with Crippen LogP contribution in [0.1, 0.15) is 0 Å². The standard InChI is InChI=1S/C17H12Br2ClNO2/c1-22-10-5-3-9(4-6-10)11-8-21-13-7-12(18)17(23-2)15(19)14(13)16(11)20/h3-8H,1-2H3. The Morgan fingerprint density at radius 3 is 2.35 bits per heavy atom. The Kier molecular flexibility index (Phi) is 4.80. The van der Waals surface area contributed by atoms with Crippen LogP contribution in [0.25, 0.3) is 22.0 Å². The lowest BCUT2D eigenvalue weighted by atomic mass is 10.0. The van der Waals surface area contributed by atoms with Gasteiger partial charge in [0.1, 0.15) is 11.5 Å². The maximum Gasteiger partial charge on any atom is 0.148 e. The predicted molar refractivity (Wildman–Crippen MR) is 101 cm³/mol. The minimum atomic E-state index is 0.623. The summed E-state index contributed by atoms with van der Waals surface area (Å²) in [5.41, 5.74) is 2.61. The molecule has 3 aromatic rings. The van der Waals surface area contributed by atoms with Gasteiger partial charge in [-0.2, -0.15) is 0 Å². The molecule has 1 aromatic heterocycles. The Bertz CT molecular complexity index is 882. The molecule has 0 spiro atoms. The lowest BCUT2D eigenvalue weighted by Crippen LogP contribution is -1.92. The zero-order chi connectivity index (χ0) is 16.6. The van der Waals surface area contributed by atoms with Crippen LogP contribution >= 0.6 is 43.5 Å². The summed E-state index contributed by atoms with van der Waals surface area (Å²) in [6, 6.07) is 9.60. The number of hydrogen-bond donors (Lipinski definition) is 0. The summed E-state index contributed by atoms with van der Waals surface area (Å²) in [5, 5.41) is 1.44. The fourth-order valence-electron chi connectivity index (χ4n) is 2.38. The van der Waals surface area contributed by atoms with Crippen LogP contribution in [-0.4, -0.2) is 19.2 Å². The van der Waals surface area contributed by atoms with E-state index >= 15 is 0 Å². The van der Waals surface area contributed by atoms with E-state index in [1.54, 1.807) is 20.4 Å². The highest BCUT2D eigenvalue weighted by Gasteiger charge is 2.17. The molecule has 0 fully saturated rings. The fraction of sp³-hybridized carbons (Fsp3) is 0.118. The monoisotopic (exact) mass is 455 g/mol. The van der Waals surface area contributed by atoms with Crippen LogP contribution in [0.2, 0.25) is 5.02 Å². The topological polar surface area (TPSA) is 31.4 Å². The van der Waals surface area contributed by atoms with E-state index in [1.807, 2.05) is 30.3 Å². The first kappa shape index (κ1) is 16.6. The lowest BCUT2D eigenvalue weighted by molar-refractivity contribution is 0.410. The Labute approximate surface area is 155 Å². The van der Waals surface area contributed by atoms with E-state index in [1.165, 1.54) is 0 Å². The third-order valence-electron chi connectivity index (χ3n) is 3.55. The molecule has 6 heteroatoms. The van der Waals surface area contributed by atoms with Gasteiger partial charge in [0, 0.05) is 17.1 Å². The molecule has 3 nitrogen and oxygen atoms in total. The van der Waals surface area contributed by atoms with Crippen molar-refractivity contribution in [1.82, 2.24) is 4.98 Å². The van der Waals surface area contributed by atoms with Gasteiger partial charge in [-0.1, -0.05) is 23.7 Å². The second kappa shape index (κ2) is 6.67. The number of aromatic nitrogens is 1. The van der Waals surface area contributed by atoms with Gasteiger partial charge < -0.3 is 9.47 Å².